The Hall–Kier alpha value is -2.64. The van der Waals surface area contributed by atoms with Crippen LogP contribution in [0, 0.1) is 0 Å². The zero-order valence-corrected chi connectivity index (χ0v) is 17.1. The number of halogens is 1. The molecule has 1 aliphatic rings. The fraction of sp³-hybridized carbons (Fsp3) is 0.238. The second-order valence-electron chi connectivity index (χ2n) is 6.27. The Kier molecular flexibility index (Phi) is 6.16. The number of ketones is 1. The van der Waals surface area contributed by atoms with Crippen molar-refractivity contribution >= 4 is 33.4 Å². The first-order valence-corrected chi connectivity index (χ1v) is 9.44. The van der Waals surface area contributed by atoms with Gasteiger partial charge in [0.25, 0.3) is 11.7 Å². The lowest BCUT2D eigenvalue weighted by molar-refractivity contribution is -0.140. The molecule has 1 saturated heterocycles. The van der Waals surface area contributed by atoms with E-state index < -0.39 is 17.7 Å². The van der Waals surface area contributed by atoms with Gasteiger partial charge in [-0.2, -0.15) is 0 Å². The van der Waals surface area contributed by atoms with E-state index in [1.54, 1.807) is 31.4 Å². The SMILES string of the molecule is COCCN1C(=O)C(=O)/C(=C(/O)c2ccc(OC)cc2)C1c1cccc(Br)c1. The number of aliphatic hydroxyl groups is 1. The van der Waals surface area contributed by atoms with Gasteiger partial charge in [-0.1, -0.05) is 28.1 Å². The summed E-state index contributed by atoms with van der Waals surface area (Å²) in [5.41, 5.74) is 1.22. The van der Waals surface area contributed by atoms with E-state index >= 15 is 0 Å². The lowest BCUT2D eigenvalue weighted by Gasteiger charge is -2.25. The first kappa shape index (κ1) is 20.1. The standard InChI is InChI=1S/C21H20BrNO5/c1-27-11-10-23-18(14-4-3-5-15(22)12-14)17(20(25)21(23)26)19(24)13-6-8-16(28-2)9-7-13/h3-9,12,18,24H,10-11H2,1-2H3/b19-17+. The normalized spacial score (nSPS) is 18.5. The Labute approximate surface area is 171 Å². The van der Waals surface area contributed by atoms with Gasteiger partial charge in [0.2, 0.25) is 0 Å². The Balaban J connectivity index is 2.14. The molecule has 0 radical (unpaired) electrons. The topological polar surface area (TPSA) is 76.1 Å². The number of rotatable bonds is 6. The van der Waals surface area contributed by atoms with Crippen LogP contribution in [0.3, 0.4) is 0 Å². The third-order valence-corrected chi connectivity index (χ3v) is 5.10. The molecule has 28 heavy (non-hydrogen) atoms. The second-order valence-corrected chi connectivity index (χ2v) is 7.18. The zero-order chi connectivity index (χ0) is 20.3. The highest BCUT2D eigenvalue weighted by Crippen LogP contribution is 2.39. The summed E-state index contributed by atoms with van der Waals surface area (Å²) in [6.45, 7) is 0.512. The summed E-state index contributed by atoms with van der Waals surface area (Å²) in [6.07, 6.45) is 0. The average molecular weight is 446 g/mol. The largest absolute Gasteiger partial charge is 0.507 e. The van der Waals surface area contributed by atoms with E-state index in [9.17, 15) is 14.7 Å². The number of ether oxygens (including phenoxy) is 2. The average Bonchev–Trinajstić information content (AvgIpc) is 2.96. The van der Waals surface area contributed by atoms with Crippen molar-refractivity contribution in [2.24, 2.45) is 0 Å². The first-order chi connectivity index (χ1) is 13.5. The number of hydrogen-bond donors (Lipinski definition) is 1. The molecular formula is C21H20BrNO5. The van der Waals surface area contributed by atoms with Crippen molar-refractivity contribution in [1.29, 1.82) is 0 Å². The molecule has 1 fully saturated rings. The van der Waals surface area contributed by atoms with Gasteiger partial charge in [-0.25, -0.2) is 0 Å². The van der Waals surface area contributed by atoms with Crippen LogP contribution in [0.1, 0.15) is 17.2 Å². The summed E-state index contributed by atoms with van der Waals surface area (Å²) >= 11 is 3.42. The van der Waals surface area contributed by atoms with Crippen LogP contribution in [-0.2, 0) is 14.3 Å². The van der Waals surface area contributed by atoms with Gasteiger partial charge < -0.3 is 19.5 Å². The van der Waals surface area contributed by atoms with Gasteiger partial charge in [0.05, 0.1) is 25.3 Å². The number of Topliss-reactive ketones (excluding diaryl/α,β-unsaturated/α-hetero) is 1. The lowest BCUT2D eigenvalue weighted by Crippen LogP contribution is -2.32. The molecule has 7 heteroatoms. The highest BCUT2D eigenvalue weighted by atomic mass is 79.9. The van der Waals surface area contributed by atoms with Crippen molar-refractivity contribution in [3.05, 3.63) is 69.7 Å². The highest BCUT2D eigenvalue weighted by Gasteiger charge is 2.45. The molecule has 1 unspecified atom stereocenters. The van der Waals surface area contributed by atoms with E-state index in [1.165, 1.54) is 12.0 Å². The molecule has 1 atom stereocenters. The van der Waals surface area contributed by atoms with Crippen LogP contribution < -0.4 is 4.74 Å². The monoisotopic (exact) mass is 445 g/mol. The van der Waals surface area contributed by atoms with Crippen LogP contribution in [0.15, 0.2) is 58.6 Å². The summed E-state index contributed by atoms with van der Waals surface area (Å²) in [4.78, 5) is 26.9. The number of benzene rings is 2. The van der Waals surface area contributed by atoms with Crippen LogP contribution >= 0.6 is 15.9 Å². The van der Waals surface area contributed by atoms with Crippen molar-refractivity contribution in [3.8, 4) is 5.75 Å². The molecule has 0 spiro atoms. The van der Waals surface area contributed by atoms with E-state index in [-0.39, 0.29) is 24.5 Å². The van der Waals surface area contributed by atoms with E-state index in [1.807, 2.05) is 24.3 Å². The van der Waals surface area contributed by atoms with Crippen molar-refractivity contribution in [3.63, 3.8) is 0 Å². The molecule has 1 N–H and O–H groups in total. The number of likely N-dealkylation sites (tertiary alicyclic amines) is 1. The molecule has 0 aliphatic carbocycles. The maximum absolute atomic E-state index is 12.8. The molecule has 2 aromatic carbocycles. The lowest BCUT2D eigenvalue weighted by atomic mass is 9.95. The highest BCUT2D eigenvalue weighted by molar-refractivity contribution is 9.10. The number of methoxy groups -OCH3 is 2. The van der Waals surface area contributed by atoms with Crippen molar-refractivity contribution in [2.75, 3.05) is 27.4 Å². The maximum Gasteiger partial charge on any atom is 0.295 e. The molecule has 0 saturated carbocycles. The molecule has 2 aromatic rings. The molecule has 1 aliphatic heterocycles. The van der Waals surface area contributed by atoms with E-state index in [2.05, 4.69) is 15.9 Å². The van der Waals surface area contributed by atoms with Gasteiger partial charge >= 0.3 is 0 Å². The summed E-state index contributed by atoms with van der Waals surface area (Å²) in [6, 6.07) is 13.3. The minimum atomic E-state index is -0.714. The third kappa shape index (κ3) is 3.81. The smallest absolute Gasteiger partial charge is 0.295 e. The predicted molar refractivity (Wildman–Crippen MR) is 108 cm³/mol. The predicted octanol–water partition coefficient (Wildman–Crippen LogP) is 3.53. The molecule has 146 valence electrons. The van der Waals surface area contributed by atoms with Gasteiger partial charge in [-0.05, 0) is 42.0 Å². The van der Waals surface area contributed by atoms with Crippen molar-refractivity contribution < 1.29 is 24.2 Å². The first-order valence-electron chi connectivity index (χ1n) is 8.65. The van der Waals surface area contributed by atoms with Gasteiger partial charge in [0, 0.05) is 23.7 Å². The van der Waals surface area contributed by atoms with Crippen LogP contribution in [0.2, 0.25) is 0 Å². The minimum Gasteiger partial charge on any atom is -0.507 e. The number of carbonyl (C=O) groups is 2. The summed E-state index contributed by atoms with van der Waals surface area (Å²) < 4.78 is 11.0. The van der Waals surface area contributed by atoms with Crippen molar-refractivity contribution in [2.45, 2.75) is 6.04 Å². The summed E-state index contributed by atoms with van der Waals surface area (Å²) in [7, 11) is 3.07. The van der Waals surface area contributed by atoms with E-state index in [4.69, 9.17) is 9.47 Å². The van der Waals surface area contributed by atoms with Crippen LogP contribution in [0.4, 0.5) is 0 Å². The summed E-state index contributed by atoms with van der Waals surface area (Å²) in [5, 5.41) is 10.9. The fourth-order valence-electron chi connectivity index (χ4n) is 3.23. The molecule has 1 amide bonds. The number of amides is 1. The second kappa shape index (κ2) is 8.58. The quantitative estimate of drug-likeness (QED) is 0.418. The third-order valence-electron chi connectivity index (χ3n) is 4.60. The van der Waals surface area contributed by atoms with Crippen LogP contribution in [0.5, 0.6) is 5.75 Å². The number of aliphatic hydroxyl groups excluding tert-OH is 1. The van der Waals surface area contributed by atoms with E-state index in [0.717, 1.165) is 10.0 Å². The Morgan fingerprint density at radius 3 is 2.46 bits per heavy atom. The number of carbonyl (C=O) groups excluding carboxylic acids is 2. The molecule has 6 nitrogen and oxygen atoms in total. The minimum absolute atomic E-state index is 0.0596. The number of nitrogens with zero attached hydrogens (tertiary/aromatic N) is 1. The van der Waals surface area contributed by atoms with Gasteiger partial charge in [0.15, 0.2) is 0 Å². The van der Waals surface area contributed by atoms with E-state index in [0.29, 0.717) is 11.3 Å². The van der Waals surface area contributed by atoms with Crippen LogP contribution in [-0.4, -0.2) is 49.1 Å². The number of hydrogen-bond acceptors (Lipinski definition) is 5. The zero-order valence-electron chi connectivity index (χ0n) is 15.5. The van der Waals surface area contributed by atoms with Gasteiger partial charge in [-0.3, -0.25) is 9.59 Å². The molecule has 3 rings (SSSR count). The Bertz CT molecular complexity index is 923. The molecular weight excluding hydrogens is 426 g/mol. The van der Waals surface area contributed by atoms with Gasteiger partial charge in [0.1, 0.15) is 11.5 Å². The van der Waals surface area contributed by atoms with Crippen LogP contribution in [0.25, 0.3) is 5.76 Å². The Morgan fingerprint density at radius 1 is 1.14 bits per heavy atom. The Morgan fingerprint density at radius 2 is 1.86 bits per heavy atom. The van der Waals surface area contributed by atoms with Crippen molar-refractivity contribution in [1.82, 2.24) is 4.90 Å². The summed E-state index contributed by atoms with van der Waals surface area (Å²) in [5.74, 6) is -0.960. The van der Waals surface area contributed by atoms with Gasteiger partial charge in [-0.15, -0.1) is 0 Å². The fourth-order valence-corrected chi connectivity index (χ4v) is 3.64. The maximum atomic E-state index is 12.8. The molecule has 0 aromatic heterocycles. The molecule has 1 heterocycles. The molecule has 0 bridgehead atoms.